The molecule has 0 fully saturated rings. The van der Waals surface area contributed by atoms with Crippen LogP contribution in [0.4, 0.5) is 10.5 Å². The summed E-state index contributed by atoms with van der Waals surface area (Å²) in [6.45, 7) is 11.2. The van der Waals surface area contributed by atoms with Crippen LogP contribution in [0.15, 0.2) is 60.1 Å². The molecule has 2 rings (SSSR count). The van der Waals surface area contributed by atoms with E-state index in [4.69, 9.17) is 38.5 Å². The first kappa shape index (κ1) is 30.7. The average molecular weight is 563 g/mol. The van der Waals surface area contributed by atoms with Gasteiger partial charge in [0.2, 0.25) is 0 Å². The predicted molar refractivity (Wildman–Crippen MR) is 152 cm³/mol. The lowest BCUT2D eigenvalue weighted by Gasteiger charge is -2.33. The van der Waals surface area contributed by atoms with Crippen LogP contribution in [0.2, 0.25) is 10.0 Å². The van der Waals surface area contributed by atoms with E-state index in [9.17, 15) is 14.7 Å². The Balaban J connectivity index is 2.53. The number of anilines is 1. The van der Waals surface area contributed by atoms with Crippen molar-refractivity contribution in [2.45, 2.75) is 39.7 Å². The Labute approximate surface area is 232 Å². The highest BCUT2D eigenvalue weighted by Gasteiger charge is 2.31. The van der Waals surface area contributed by atoms with Crippen LogP contribution < -0.4 is 16.0 Å². The van der Waals surface area contributed by atoms with E-state index in [-0.39, 0.29) is 28.0 Å². The van der Waals surface area contributed by atoms with Gasteiger partial charge >= 0.3 is 6.09 Å². The number of nitrogen functional groups attached to an aromatic ring is 1. The molecular weight excluding hydrogens is 531 g/mol. The van der Waals surface area contributed by atoms with Crippen molar-refractivity contribution >= 4 is 52.4 Å². The van der Waals surface area contributed by atoms with E-state index in [2.05, 4.69) is 17.1 Å². The molecule has 2 aromatic rings. The zero-order valence-corrected chi connectivity index (χ0v) is 23.3. The number of hydrogen-bond donors (Lipinski definition) is 3. The number of carbonyl (C=O) groups is 2. The average Bonchev–Trinajstić information content (AvgIpc) is 2.83. The van der Waals surface area contributed by atoms with Gasteiger partial charge in [-0.3, -0.25) is 20.0 Å². The normalized spacial score (nSPS) is 12.2. The number of hydrogen-bond acceptors (Lipinski definition) is 6. The first-order valence-electron chi connectivity index (χ1n) is 11.7. The fraction of sp³-hybridized carbons (Fsp3) is 0.296. The van der Waals surface area contributed by atoms with Gasteiger partial charge < -0.3 is 15.6 Å². The first-order valence-corrected chi connectivity index (χ1v) is 12.4. The summed E-state index contributed by atoms with van der Waals surface area (Å²) in [5.74, 6) is -0.108. The quantitative estimate of drug-likeness (QED) is 0.0812. The lowest BCUT2D eigenvalue weighted by atomic mass is 10.0. The van der Waals surface area contributed by atoms with E-state index in [0.717, 1.165) is 4.90 Å². The van der Waals surface area contributed by atoms with Crippen LogP contribution in [-0.2, 0) is 16.1 Å². The minimum atomic E-state index is -1.27. The van der Waals surface area contributed by atoms with E-state index in [1.165, 1.54) is 6.08 Å². The number of rotatable bonds is 10. The molecule has 0 unspecified atom stereocenters. The molecule has 0 spiro atoms. The molecule has 0 bridgehead atoms. The number of carbonyl (C=O) groups excluding carboxylic acids is 1. The SMILES string of the molecule is C=CCOc1ccc(C(=CC(=O)N=C(Cc2cc(Cl)c(N)c(Cl)c2)N(C(=O)O)C(C)(C)C)NOCC)cc1. The molecule has 0 radical (unpaired) electrons. The second kappa shape index (κ2) is 13.9. The number of ether oxygens (including phenoxy) is 1. The number of carboxylic acid groups (broad SMARTS) is 1. The van der Waals surface area contributed by atoms with Crippen molar-refractivity contribution < 1.29 is 24.3 Å². The molecule has 4 N–H and O–H groups in total. The number of benzene rings is 2. The Morgan fingerprint density at radius 3 is 2.29 bits per heavy atom. The van der Waals surface area contributed by atoms with Crippen LogP contribution >= 0.6 is 23.2 Å². The van der Waals surface area contributed by atoms with E-state index < -0.39 is 17.5 Å². The third kappa shape index (κ3) is 8.79. The van der Waals surface area contributed by atoms with Gasteiger partial charge in [0.1, 0.15) is 18.2 Å². The van der Waals surface area contributed by atoms with E-state index in [1.807, 2.05) is 0 Å². The molecule has 0 aliphatic carbocycles. The van der Waals surface area contributed by atoms with Crippen molar-refractivity contribution in [2.24, 2.45) is 4.99 Å². The number of amidine groups is 1. The molecule has 0 heterocycles. The standard InChI is InChI=1S/C27H32Cl2N4O5/c1-6-12-37-19-10-8-18(9-11-19)22(32-38-7-2)16-24(34)31-23(33(26(35)36)27(3,4)5)15-17-13-20(28)25(30)21(29)14-17/h6,8-11,13-14,16,32H,1,7,12,15,30H2,2-5H3,(H,35,36). The topological polar surface area (TPSA) is 126 Å². The number of nitrogens with zero attached hydrogens (tertiary/aromatic N) is 2. The van der Waals surface area contributed by atoms with Gasteiger partial charge in [-0.2, -0.15) is 4.99 Å². The van der Waals surface area contributed by atoms with Crippen molar-refractivity contribution in [3.8, 4) is 5.75 Å². The monoisotopic (exact) mass is 562 g/mol. The molecule has 0 saturated heterocycles. The molecule has 2 amide bonds. The van der Waals surface area contributed by atoms with Crippen LogP contribution in [-0.4, -0.2) is 46.6 Å². The fourth-order valence-electron chi connectivity index (χ4n) is 3.36. The van der Waals surface area contributed by atoms with Crippen molar-refractivity contribution in [3.63, 3.8) is 0 Å². The Morgan fingerprint density at radius 2 is 1.79 bits per heavy atom. The van der Waals surface area contributed by atoms with E-state index in [1.54, 1.807) is 70.2 Å². The highest BCUT2D eigenvalue weighted by Crippen LogP contribution is 2.30. The van der Waals surface area contributed by atoms with Gasteiger partial charge in [-0.25, -0.2) is 4.79 Å². The number of amides is 2. The Bertz CT molecular complexity index is 1200. The van der Waals surface area contributed by atoms with Gasteiger partial charge in [0.15, 0.2) is 0 Å². The second-order valence-corrected chi connectivity index (χ2v) is 9.84. The summed E-state index contributed by atoms with van der Waals surface area (Å²) >= 11 is 12.3. The molecular formula is C27H32Cl2N4O5. The third-order valence-electron chi connectivity index (χ3n) is 4.99. The number of hydroxylamine groups is 1. The number of halogens is 2. The van der Waals surface area contributed by atoms with Gasteiger partial charge in [0.25, 0.3) is 5.91 Å². The lowest BCUT2D eigenvalue weighted by Crippen LogP contribution is -2.49. The number of nitrogens with two attached hydrogens (primary N) is 1. The predicted octanol–water partition coefficient (Wildman–Crippen LogP) is 5.97. The summed E-state index contributed by atoms with van der Waals surface area (Å²) in [6, 6.07) is 10.1. The van der Waals surface area contributed by atoms with Crippen molar-refractivity contribution in [3.05, 3.63) is 76.3 Å². The highest BCUT2D eigenvalue weighted by molar-refractivity contribution is 6.39. The molecule has 0 aliphatic heterocycles. The molecule has 9 nitrogen and oxygen atoms in total. The van der Waals surface area contributed by atoms with Gasteiger partial charge in [0.05, 0.1) is 28.0 Å². The maximum Gasteiger partial charge on any atom is 0.413 e. The minimum absolute atomic E-state index is 0.0212. The Kier molecular flexibility index (Phi) is 11.2. The highest BCUT2D eigenvalue weighted by atomic mass is 35.5. The first-order chi connectivity index (χ1) is 17.9. The van der Waals surface area contributed by atoms with Gasteiger partial charge in [-0.1, -0.05) is 35.9 Å². The third-order valence-corrected chi connectivity index (χ3v) is 5.61. The summed E-state index contributed by atoms with van der Waals surface area (Å²) in [6.07, 6.45) is 1.53. The van der Waals surface area contributed by atoms with Crippen molar-refractivity contribution in [1.29, 1.82) is 0 Å². The summed E-state index contributed by atoms with van der Waals surface area (Å²) in [5.41, 5.74) is 9.34. The summed E-state index contributed by atoms with van der Waals surface area (Å²) in [5, 5.41) is 10.4. The van der Waals surface area contributed by atoms with Crippen LogP contribution in [0.1, 0.15) is 38.8 Å². The fourth-order valence-corrected chi connectivity index (χ4v) is 3.90. The maximum atomic E-state index is 13.2. The second-order valence-electron chi connectivity index (χ2n) is 9.02. The van der Waals surface area contributed by atoms with Gasteiger partial charge in [0, 0.05) is 23.6 Å². The molecule has 0 atom stereocenters. The molecule has 0 aromatic heterocycles. The van der Waals surface area contributed by atoms with Crippen LogP contribution in [0.3, 0.4) is 0 Å². The van der Waals surface area contributed by atoms with E-state index in [0.29, 0.717) is 35.8 Å². The zero-order valence-electron chi connectivity index (χ0n) is 21.8. The zero-order chi connectivity index (χ0) is 28.5. The molecule has 38 heavy (non-hydrogen) atoms. The van der Waals surface area contributed by atoms with Crippen LogP contribution in [0.5, 0.6) is 5.75 Å². The minimum Gasteiger partial charge on any atom is -0.490 e. The van der Waals surface area contributed by atoms with Gasteiger partial charge in [-0.05, 0) is 69.7 Å². The number of aliphatic imine (C=N–C) groups is 1. The lowest BCUT2D eigenvalue weighted by molar-refractivity contribution is -0.113. The molecule has 204 valence electrons. The summed E-state index contributed by atoms with van der Waals surface area (Å²) in [7, 11) is 0. The van der Waals surface area contributed by atoms with Gasteiger partial charge in [-0.15, -0.1) is 0 Å². The Morgan fingerprint density at radius 1 is 1.18 bits per heavy atom. The largest absolute Gasteiger partial charge is 0.490 e. The van der Waals surface area contributed by atoms with Crippen molar-refractivity contribution in [1.82, 2.24) is 10.4 Å². The molecule has 2 aromatic carbocycles. The smallest absolute Gasteiger partial charge is 0.413 e. The number of nitrogens with one attached hydrogen (secondary N) is 1. The van der Waals surface area contributed by atoms with Crippen molar-refractivity contribution in [2.75, 3.05) is 18.9 Å². The van der Waals surface area contributed by atoms with E-state index >= 15 is 0 Å². The molecule has 0 aliphatic rings. The molecule has 0 saturated carbocycles. The summed E-state index contributed by atoms with van der Waals surface area (Å²) < 4.78 is 5.50. The summed E-state index contributed by atoms with van der Waals surface area (Å²) in [4.78, 5) is 35.9. The molecule has 11 heteroatoms. The van der Waals surface area contributed by atoms with Crippen LogP contribution in [0, 0.1) is 0 Å². The van der Waals surface area contributed by atoms with Crippen LogP contribution in [0.25, 0.3) is 5.70 Å². The maximum absolute atomic E-state index is 13.2. The Hall–Kier alpha value is -3.53.